The number of benzene rings is 2. The van der Waals surface area contributed by atoms with Crippen LogP contribution >= 0.6 is 22.6 Å². The molecule has 0 saturated heterocycles. The van der Waals surface area contributed by atoms with Crippen LogP contribution in [0.15, 0.2) is 48.7 Å². The van der Waals surface area contributed by atoms with Gasteiger partial charge in [0.15, 0.2) is 5.78 Å². The molecular formula is C15H9FINO. The summed E-state index contributed by atoms with van der Waals surface area (Å²) in [5, 5.41) is 0.615. The maximum Gasteiger partial charge on any atom is 0.196 e. The average molecular weight is 365 g/mol. The molecule has 0 radical (unpaired) electrons. The van der Waals surface area contributed by atoms with E-state index in [0.717, 1.165) is 9.09 Å². The molecule has 1 aromatic heterocycles. The lowest BCUT2D eigenvalue weighted by Gasteiger charge is -2.02. The van der Waals surface area contributed by atoms with Gasteiger partial charge >= 0.3 is 0 Å². The van der Waals surface area contributed by atoms with Crippen molar-refractivity contribution in [3.8, 4) is 0 Å². The largest absolute Gasteiger partial charge is 0.360 e. The predicted octanol–water partition coefficient (Wildman–Crippen LogP) is 4.14. The summed E-state index contributed by atoms with van der Waals surface area (Å²) in [6.45, 7) is 0. The number of H-pyrrole nitrogens is 1. The van der Waals surface area contributed by atoms with Crippen LogP contribution in [0, 0.1) is 9.39 Å². The highest BCUT2D eigenvalue weighted by Crippen LogP contribution is 2.24. The zero-order valence-electron chi connectivity index (χ0n) is 9.78. The third-order valence-corrected chi connectivity index (χ3v) is 3.95. The van der Waals surface area contributed by atoms with Gasteiger partial charge in [-0.15, -0.1) is 0 Å². The maximum atomic E-state index is 13.3. The summed E-state index contributed by atoms with van der Waals surface area (Å²) in [5.41, 5.74) is 1.89. The van der Waals surface area contributed by atoms with Crippen molar-refractivity contribution in [2.45, 2.75) is 0 Å². The van der Waals surface area contributed by atoms with E-state index in [4.69, 9.17) is 0 Å². The van der Waals surface area contributed by atoms with Crippen LogP contribution in [0.4, 0.5) is 4.39 Å². The highest BCUT2D eigenvalue weighted by Gasteiger charge is 2.16. The molecule has 19 heavy (non-hydrogen) atoms. The normalized spacial score (nSPS) is 10.8. The molecule has 2 nitrogen and oxygen atoms in total. The lowest BCUT2D eigenvalue weighted by Crippen LogP contribution is -2.02. The lowest BCUT2D eigenvalue weighted by atomic mass is 10.0. The van der Waals surface area contributed by atoms with Gasteiger partial charge in [-0.05, 0) is 52.9 Å². The lowest BCUT2D eigenvalue weighted by molar-refractivity contribution is 0.103. The summed E-state index contributed by atoms with van der Waals surface area (Å²) in [5.74, 6) is -0.439. The van der Waals surface area contributed by atoms with E-state index >= 15 is 0 Å². The van der Waals surface area contributed by atoms with Crippen LogP contribution in [0.5, 0.6) is 0 Å². The summed E-state index contributed by atoms with van der Waals surface area (Å²) in [7, 11) is 0. The van der Waals surface area contributed by atoms with E-state index in [1.807, 2.05) is 18.2 Å². The summed E-state index contributed by atoms with van der Waals surface area (Å²) < 4.78 is 14.2. The Hall–Kier alpha value is -1.69. The van der Waals surface area contributed by atoms with Crippen molar-refractivity contribution in [3.05, 3.63) is 69.2 Å². The van der Waals surface area contributed by atoms with E-state index in [0.29, 0.717) is 16.5 Å². The zero-order chi connectivity index (χ0) is 13.4. The third-order valence-electron chi connectivity index (χ3n) is 3.01. The molecule has 2 aromatic carbocycles. The molecular weight excluding hydrogens is 356 g/mol. The number of aromatic amines is 1. The van der Waals surface area contributed by atoms with Crippen LogP contribution in [-0.2, 0) is 0 Å². The highest BCUT2D eigenvalue weighted by atomic mass is 127. The van der Waals surface area contributed by atoms with Crippen molar-refractivity contribution in [3.63, 3.8) is 0 Å². The Balaban J connectivity index is 2.17. The molecule has 0 spiro atoms. The molecule has 0 aliphatic carbocycles. The SMILES string of the molecule is O=C(c1ccccc1I)c1c[nH]c2ccc(F)cc12. The smallest absolute Gasteiger partial charge is 0.196 e. The summed E-state index contributed by atoms with van der Waals surface area (Å²) in [6, 6.07) is 11.8. The Labute approximate surface area is 122 Å². The number of hydrogen-bond acceptors (Lipinski definition) is 1. The van der Waals surface area contributed by atoms with Gasteiger partial charge < -0.3 is 4.98 Å². The molecule has 0 aliphatic rings. The molecule has 1 heterocycles. The van der Waals surface area contributed by atoms with E-state index < -0.39 is 0 Å². The topological polar surface area (TPSA) is 32.9 Å². The summed E-state index contributed by atoms with van der Waals surface area (Å²) in [6.07, 6.45) is 1.63. The fourth-order valence-electron chi connectivity index (χ4n) is 2.07. The Bertz CT molecular complexity index is 779. The summed E-state index contributed by atoms with van der Waals surface area (Å²) in [4.78, 5) is 15.5. The van der Waals surface area contributed by atoms with Crippen molar-refractivity contribution >= 4 is 39.3 Å². The molecule has 0 saturated carbocycles. The van der Waals surface area contributed by atoms with Crippen molar-refractivity contribution < 1.29 is 9.18 Å². The van der Waals surface area contributed by atoms with Gasteiger partial charge in [0.1, 0.15) is 5.82 Å². The Morgan fingerprint density at radius 2 is 1.89 bits per heavy atom. The molecule has 0 aliphatic heterocycles. The monoisotopic (exact) mass is 365 g/mol. The van der Waals surface area contributed by atoms with Gasteiger partial charge in [0, 0.05) is 31.8 Å². The number of ketones is 1. The Morgan fingerprint density at radius 1 is 1.11 bits per heavy atom. The first-order valence-electron chi connectivity index (χ1n) is 5.72. The molecule has 0 bridgehead atoms. The van der Waals surface area contributed by atoms with Gasteiger partial charge in [-0.2, -0.15) is 0 Å². The minimum absolute atomic E-state index is 0.0955. The van der Waals surface area contributed by atoms with Crippen LogP contribution in [0.3, 0.4) is 0 Å². The second-order valence-corrected chi connectivity index (χ2v) is 5.36. The zero-order valence-corrected chi connectivity index (χ0v) is 11.9. The van der Waals surface area contributed by atoms with Crippen LogP contribution in [-0.4, -0.2) is 10.8 Å². The number of nitrogens with one attached hydrogen (secondary N) is 1. The molecule has 3 aromatic rings. The van der Waals surface area contributed by atoms with Crippen LogP contribution < -0.4 is 0 Å². The fourth-order valence-corrected chi connectivity index (χ4v) is 2.70. The Morgan fingerprint density at radius 3 is 2.68 bits per heavy atom. The molecule has 1 N–H and O–H groups in total. The number of hydrogen-bond donors (Lipinski definition) is 1. The van der Waals surface area contributed by atoms with Gasteiger partial charge in [0.05, 0.1) is 0 Å². The number of fused-ring (bicyclic) bond motifs is 1. The summed E-state index contributed by atoms with van der Waals surface area (Å²) >= 11 is 2.13. The van der Waals surface area contributed by atoms with Gasteiger partial charge in [-0.25, -0.2) is 4.39 Å². The van der Waals surface area contributed by atoms with Crippen LogP contribution in [0.2, 0.25) is 0 Å². The number of halogens is 2. The highest BCUT2D eigenvalue weighted by molar-refractivity contribution is 14.1. The third kappa shape index (κ3) is 2.16. The van der Waals surface area contributed by atoms with Gasteiger partial charge in [-0.1, -0.05) is 12.1 Å². The minimum atomic E-state index is -0.344. The molecule has 3 rings (SSSR count). The van der Waals surface area contributed by atoms with E-state index in [2.05, 4.69) is 27.6 Å². The number of rotatable bonds is 2. The maximum absolute atomic E-state index is 13.3. The number of aromatic nitrogens is 1. The van der Waals surface area contributed by atoms with E-state index in [1.165, 1.54) is 12.1 Å². The van der Waals surface area contributed by atoms with E-state index in [1.54, 1.807) is 18.3 Å². The fraction of sp³-hybridized carbons (Fsp3) is 0. The number of carbonyl (C=O) groups is 1. The second-order valence-electron chi connectivity index (χ2n) is 4.20. The van der Waals surface area contributed by atoms with Crippen molar-refractivity contribution in [1.29, 1.82) is 0 Å². The first kappa shape index (κ1) is 12.3. The standard InChI is InChI=1S/C15H9FINO/c16-9-5-6-14-11(7-9)12(8-18-14)15(19)10-3-1-2-4-13(10)17/h1-8,18H. The molecule has 0 atom stereocenters. The molecule has 0 amide bonds. The predicted molar refractivity (Wildman–Crippen MR) is 80.8 cm³/mol. The molecule has 94 valence electrons. The first-order valence-corrected chi connectivity index (χ1v) is 6.80. The quantitative estimate of drug-likeness (QED) is 0.537. The van der Waals surface area contributed by atoms with Gasteiger partial charge in [-0.3, -0.25) is 4.79 Å². The van der Waals surface area contributed by atoms with Crippen molar-refractivity contribution in [2.75, 3.05) is 0 Å². The van der Waals surface area contributed by atoms with Gasteiger partial charge in [0.25, 0.3) is 0 Å². The average Bonchev–Trinajstić information content (AvgIpc) is 2.81. The Kier molecular flexibility index (Phi) is 3.10. The second kappa shape index (κ2) is 4.77. The molecule has 4 heteroatoms. The van der Waals surface area contributed by atoms with E-state index in [9.17, 15) is 9.18 Å². The van der Waals surface area contributed by atoms with Crippen molar-refractivity contribution in [1.82, 2.24) is 4.98 Å². The first-order chi connectivity index (χ1) is 9.16. The van der Waals surface area contributed by atoms with E-state index in [-0.39, 0.29) is 11.6 Å². The van der Waals surface area contributed by atoms with Crippen LogP contribution in [0.1, 0.15) is 15.9 Å². The molecule has 0 unspecified atom stereocenters. The minimum Gasteiger partial charge on any atom is -0.360 e. The van der Waals surface area contributed by atoms with Gasteiger partial charge in [0.2, 0.25) is 0 Å². The number of carbonyl (C=O) groups excluding carboxylic acids is 1. The molecule has 0 fully saturated rings. The van der Waals surface area contributed by atoms with Crippen LogP contribution in [0.25, 0.3) is 10.9 Å². The van der Waals surface area contributed by atoms with Crippen molar-refractivity contribution in [2.24, 2.45) is 0 Å².